The van der Waals surface area contributed by atoms with Crippen LogP contribution in [0.5, 0.6) is 5.75 Å². The van der Waals surface area contributed by atoms with Crippen molar-refractivity contribution >= 4 is 69.0 Å². The van der Waals surface area contributed by atoms with Crippen LogP contribution in [-0.4, -0.2) is 18.1 Å². The zero-order valence-corrected chi connectivity index (χ0v) is 38.4. The average molecular weight is 907 g/mol. The number of hydrogen-bond acceptors (Lipinski definition) is 1. The summed E-state index contributed by atoms with van der Waals surface area (Å²) >= 11 is 9.56. The number of benzene rings is 7. The maximum Gasteiger partial charge on any atom is 0.120 e. The molecular formula is C54H52ClIOSi. The molecule has 5 atom stereocenters. The second-order valence-electron chi connectivity index (χ2n) is 18.9. The van der Waals surface area contributed by atoms with Gasteiger partial charge in [0, 0.05) is 14.4 Å². The van der Waals surface area contributed by atoms with Gasteiger partial charge in [-0.25, -0.2) is 0 Å². The fourth-order valence-electron chi connectivity index (χ4n) is 11.6. The molecule has 292 valence electrons. The third kappa shape index (κ3) is 6.04. The summed E-state index contributed by atoms with van der Waals surface area (Å²) in [5.74, 6) is 3.12. The Hall–Kier alpha value is -3.90. The van der Waals surface area contributed by atoms with E-state index in [4.69, 9.17) is 16.3 Å². The highest BCUT2D eigenvalue weighted by atomic mass is 127. The van der Waals surface area contributed by atoms with Crippen LogP contribution in [0, 0.1) is 17.8 Å². The van der Waals surface area contributed by atoms with Crippen molar-refractivity contribution in [2.24, 2.45) is 17.8 Å². The number of alkyl halides is 1. The minimum Gasteiger partial charge on any atom is -0.491 e. The third-order valence-electron chi connectivity index (χ3n) is 13.8. The second-order valence-corrected chi connectivity index (χ2v) is 25.9. The molecule has 10 rings (SSSR count). The van der Waals surface area contributed by atoms with E-state index in [1.807, 2.05) is 6.07 Å². The topological polar surface area (TPSA) is 9.23 Å². The molecule has 0 amide bonds. The van der Waals surface area contributed by atoms with Gasteiger partial charge in [-0.2, -0.15) is 0 Å². The lowest BCUT2D eigenvalue weighted by molar-refractivity contribution is 0.0954. The first-order valence-electron chi connectivity index (χ1n) is 21.4. The van der Waals surface area contributed by atoms with Gasteiger partial charge in [0.2, 0.25) is 0 Å². The van der Waals surface area contributed by atoms with Crippen molar-refractivity contribution in [3.8, 4) is 50.3 Å². The number of ether oxygens (including phenoxy) is 1. The summed E-state index contributed by atoms with van der Waals surface area (Å²) in [6, 6.07) is 48.0. The molecule has 5 unspecified atom stereocenters. The zero-order chi connectivity index (χ0) is 40.1. The summed E-state index contributed by atoms with van der Waals surface area (Å²) in [7, 11) is -1.61. The van der Waals surface area contributed by atoms with Crippen molar-refractivity contribution in [3.05, 3.63) is 144 Å². The number of halogens is 2. The van der Waals surface area contributed by atoms with Gasteiger partial charge in [-0.05, 0) is 159 Å². The van der Waals surface area contributed by atoms with Crippen molar-refractivity contribution in [3.63, 3.8) is 0 Å². The van der Waals surface area contributed by atoms with Crippen molar-refractivity contribution in [1.29, 1.82) is 0 Å². The van der Waals surface area contributed by atoms with Crippen LogP contribution >= 0.6 is 34.2 Å². The molecule has 3 aliphatic carbocycles. The zero-order valence-electron chi connectivity index (χ0n) is 34.5. The van der Waals surface area contributed by atoms with Gasteiger partial charge in [0.15, 0.2) is 0 Å². The molecule has 3 aliphatic rings. The highest BCUT2D eigenvalue weighted by Crippen LogP contribution is 2.66. The Morgan fingerprint density at radius 1 is 0.621 bits per heavy atom. The Bertz CT molecular complexity index is 2700. The van der Waals surface area contributed by atoms with Crippen LogP contribution in [-0.2, 0) is 5.41 Å². The predicted molar refractivity (Wildman–Crippen MR) is 260 cm³/mol. The van der Waals surface area contributed by atoms with Crippen LogP contribution in [0.1, 0.15) is 57.6 Å². The number of hydrogen-bond donors (Lipinski definition) is 0. The first-order chi connectivity index (χ1) is 27.9. The lowest BCUT2D eigenvalue weighted by Crippen LogP contribution is -2.51. The molecule has 4 heteroatoms. The molecule has 0 saturated heterocycles. The Morgan fingerprint density at radius 2 is 1.28 bits per heavy atom. The van der Waals surface area contributed by atoms with E-state index < -0.39 is 8.07 Å². The van der Waals surface area contributed by atoms with E-state index in [9.17, 15) is 0 Å². The molecule has 1 spiro atoms. The van der Waals surface area contributed by atoms with Crippen LogP contribution in [0.3, 0.4) is 0 Å². The molecular weight excluding hydrogens is 855 g/mol. The third-order valence-corrected chi connectivity index (χ3v) is 17.5. The summed E-state index contributed by atoms with van der Waals surface area (Å²) in [6.07, 6.45) is 5.30. The Kier molecular flexibility index (Phi) is 9.50. The molecule has 0 radical (unpaired) electrons. The van der Waals surface area contributed by atoms with Gasteiger partial charge in [-0.15, -0.1) is 0 Å². The lowest BCUT2D eigenvalue weighted by Gasteiger charge is -2.53. The van der Waals surface area contributed by atoms with E-state index >= 15 is 0 Å². The van der Waals surface area contributed by atoms with Gasteiger partial charge in [0.25, 0.3) is 0 Å². The smallest absolute Gasteiger partial charge is 0.120 e. The van der Waals surface area contributed by atoms with Gasteiger partial charge in [0.1, 0.15) is 5.75 Å². The fourth-order valence-corrected chi connectivity index (χ4v) is 14.9. The normalized spacial score (nSPS) is 22.4. The monoisotopic (exact) mass is 906 g/mol. The molecule has 0 aromatic heterocycles. The molecule has 2 saturated carbocycles. The maximum absolute atomic E-state index is 6.83. The van der Waals surface area contributed by atoms with Crippen molar-refractivity contribution in [2.75, 3.05) is 0 Å². The van der Waals surface area contributed by atoms with Crippen molar-refractivity contribution < 1.29 is 4.74 Å². The van der Waals surface area contributed by atoms with Crippen LogP contribution < -0.4 is 9.92 Å². The molecule has 0 heterocycles. The molecule has 7 aromatic rings. The Morgan fingerprint density at radius 3 is 1.93 bits per heavy atom. The minimum atomic E-state index is -1.61. The van der Waals surface area contributed by atoms with Gasteiger partial charge in [-0.3, -0.25) is 0 Å². The number of fused-ring (bicyclic) bond motifs is 10. The van der Waals surface area contributed by atoms with Gasteiger partial charge in [0.05, 0.1) is 14.2 Å². The summed E-state index contributed by atoms with van der Waals surface area (Å²) in [5, 5.41) is 7.26. The molecule has 2 bridgehead atoms. The average Bonchev–Trinajstić information content (AvgIpc) is 3.48. The Labute approximate surface area is 364 Å². The van der Waals surface area contributed by atoms with Crippen molar-refractivity contribution in [1.82, 2.24) is 0 Å². The van der Waals surface area contributed by atoms with E-state index in [0.717, 1.165) is 28.2 Å². The van der Waals surface area contributed by atoms with Crippen LogP contribution in [0.2, 0.25) is 24.7 Å². The van der Waals surface area contributed by atoms with E-state index in [1.165, 1.54) is 91.7 Å². The summed E-state index contributed by atoms with van der Waals surface area (Å²) in [4.78, 5) is 0. The van der Waals surface area contributed by atoms with E-state index in [1.54, 1.807) is 10.8 Å². The number of rotatable bonds is 6. The molecule has 0 aliphatic heterocycles. The highest BCUT2D eigenvalue weighted by molar-refractivity contribution is 14.1. The Balaban J connectivity index is 1.31. The molecule has 7 aromatic carbocycles. The molecule has 1 nitrogen and oxygen atoms in total. The summed E-state index contributed by atoms with van der Waals surface area (Å²) < 4.78 is 7.33. The van der Waals surface area contributed by atoms with Crippen LogP contribution in [0.25, 0.3) is 66.1 Å². The molecule has 0 N–H and O–H groups in total. The summed E-state index contributed by atoms with van der Waals surface area (Å²) in [5.41, 5.74) is 13.3. The van der Waals surface area contributed by atoms with Crippen molar-refractivity contribution in [2.45, 2.75) is 81.5 Å². The lowest BCUT2D eigenvalue weighted by atomic mass is 9.53. The van der Waals surface area contributed by atoms with Gasteiger partial charge in [-0.1, -0.05) is 169 Å². The quantitative estimate of drug-likeness (QED) is 0.0699. The van der Waals surface area contributed by atoms with E-state index in [-0.39, 0.29) is 11.5 Å². The molecule has 2 fully saturated rings. The minimum absolute atomic E-state index is 0.0622. The largest absolute Gasteiger partial charge is 0.491 e. The summed E-state index contributed by atoms with van der Waals surface area (Å²) in [6.45, 7) is 14.4. The first kappa shape index (κ1) is 38.3. The maximum atomic E-state index is 6.83. The van der Waals surface area contributed by atoms with Crippen LogP contribution in [0.4, 0.5) is 0 Å². The highest BCUT2D eigenvalue weighted by Gasteiger charge is 2.58. The van der Waals surface area contributed by atoms with E-state index in [0.29, 0.717) is 9.84 Å². The van der Waals surface area contributed by atoms with Crippen LogP contribution in [0.15, 0.2) is 127 Å². The van der Waals surface area contributed by atoms with Gasteiger partial charge >= 0.3 is 0 Å². The standard InChI is InChI=1S/C54H52ClIOSi/c1-32(2)57-38-29-47(53-46-23-22-39(58(4,5)6)31-48(46)54(49(53)30-38)36-25-33(3)24-34(26-36)27-50(54)56)40-16-7-8-17-41(40)52-44-20-11-9-18-42(44)51(35-14-13-15-37(55)28-35)43-19-10-12-21-45(43)52/h7-23,28-34,36,50H,24-27H2,1-6H3. The van der Waals surface area contributed by atoms with Gasteiger partial charge < -0.3 is 4.74 Å². The SMILES string of the molecule is CC1CC2CC(I)C3(c4cc([Si](C)(C)C)ccc4-c4c(-c5ccccc5-c5c6ccccc6c(-c6cccc(Cl)c6)c6ccccc56)cc(OC(C)C)cc43)C(C1)C2. The fraction of sp³-hybridized carbons (Fsp3) is 0.296. The second kappa shape index (κ2) is 14.4. The molecule has 58 heavy (non-hydrogen) atoms. The van der Waals surface area contributed by atoms with E-state index in [2.05, 4.69) is 184 Å². The predicted octanol–water partition coefficient (Wildman–Crippen LogP) is 15.5. The first-order valence-corrected chi connectivity index (χ1v) is 26.5.